The first kappa shape index (κ1) is 22.3. The number of halogens is 3. The molecule has 1 amide bonds. The lowest BCUT2D eigenvalue weighted by Crippen LogP contribution is -2.47. The Labute approximate surface area is 175 Å². The highest BCUT2D eigenvalue weighted by Gasteiger charge is 2.28. The second-order valence-electron chi connectivity index (χ2n) is 8.07. The average Bonchev–Trinajstić information content (AvgIpc) is 2.87. The molecule has 0 aliphatic carbocycles. The third kappa shape index (κ3) is 5.83. The van der Waals surface area contributed by atoms with Crippen LogP contribution in [0, 0.1) is 17.5 Å². The van der Waals surface area contributed by atoms with Crippen LogP contribution in [0.4, 0.5) is 13.2 Å². The first-order chi connectivity index (χ1) is 14.3. The molecule has 0 aromatic heterocycles. The number of carbonyl (C=O) groups is 1. The van der Waals surface area contributed by atoms with Crippen molar-refractivity contribution < 1.29 is 18.0 Å². The highest BCUT2D eigenvalue weighted by Crippen LogP contribution is 2.19. The molecule has 3 rings (SSSR count). The van der Waals surface area contributed by atoms with Crippen molar-refractivity contribution in [1.29, 1.82) is 0 Å². The number of carbonyl (C=O) groups excluding carboxylic acids is 1. The monoisotopic (exact) mass is 419 g/mol. The molecule has 2 aromatic rings. The lowest BCUT2D eigenvalue weighted by atomic mass is 10.0. The van der Waals surface area contributed by atoms with Crippen molar-refractivity contribution in [2.75, 3.05) is 26.7 Å². The molecule has 1 heterocycles. The third-order valence-electron chi connectivity index (χ3n) is 5.54. The van der Waals surface area contributed by atoms with Crippen LogP contribution < -0.4 is 5.73 Å². The molecule has 0 radical (unpaired) electrons. The minimum atomic E-state index is -1.24. The summed E-state index contributed by atoms with van der Waals surface area (Å²) >= 11 is 0. The van der Waals surface area contributed by atoms with Crippen LogP contribution in [-0.4, -0.2) is 54.5 Å². The Hall–Kier alpha value is -2.38. The maximum absolute atomic E-state index is 13.9. The van der Waals surface area contributed by atoms with Gasteiger partial charge in [0.2, 0.25) is 5.91 Å². The molecule has 0 bridgehead atoms. The summed E-state index contributed by atoms with van der Waals surface area (Å²) in [5, 5.41) is 0. The fourth-order valence-electron chi connectivity index (χ4n) is 4.05. The van der Waals surface area contributed by atoms with E-state index in [9.17, 15) is 18.0 Å². The molecule has 4 nitrogen and oxygen atoms in total. The van der Waals surface area contributed by atoms with E-state index in [1.807, 2.05) is 42.3 Å². The molecule has 2 atom stereocenters. The van der Waals surface area contributed by atoms with E-state index in [1.54, 1.807) is 0 Å². The van der Waals surface area contributed by atoms with E-state index in [0.717, 1.165) is 37.6 Å². The molecule has 1 aliphatic heterocycles. The van der Waals surface area contributed by atoms with Gasteiger partial charge in [-0.1, -0.05) is 30.3 Å². The fraction of sp³-hybridized carbons (Fsp3) is 0.435. The summed E-state index contributed by atoms with van der Waals surface area (Å²) in [6, 6.07) is 10.7. The highest BCUT2D eigenvalue weighted by molar-refractivity contribution is 5.77. The summed E-state index contributed by atoms with van der Waals surface area (Å²) in [6.45, 7) is 2.29. The quantitative estimate of drug-likeness (QED) is 0.732. The lowest BCUT2D eigenvalue weighted by Gasteiger charge is -2.32. The maximum atomic E-state index is 13.9. The van der Waals surface area contributed by atoms with Crippen molar-refractivity contribution in [3.05, 3.63) is 71.0 Å². The van der Waals surface area contributed by atoms with Gasteiger partial charge in [-0.15, -0.1) is 0 Å². The Morgan fingerprint density at radius 3 is 2.53 bits per heavy atom. The molecule has 30 heavy (non-hydrogen) atoms. The predicted molar refractivity (Wildman–Crippen MR) is 110 cm³/mol. The summed E-state index contributed by atoms with van der Waals surface area (Å²) in [5.74, 6) is -3.31. The molecule has 2 aromatic carbocycles. The SMILES string of the molecule is CN1CCCN(C(=O)C[C@H](N)Cc2cc(F)c(F)cc2F)[C@H](Cc2ccccc2)C1. The minimum Gasteiger partial charge on any atom is -0.338 e. The zero-order valence-corrected chi connectivity index (χ0v) is 17.2. The Kier molecular flexibility index (Phi) is 7.50. The van der Waals surface area contributed by atoms with Crippen LogP contribution in [-0.2, 0) is 17.6 Å². The molecular weight excluding hydrogens is 391 g/mol. The van der Waals surface area contributed by atoms with Crippen molar-refractivity contribution in [2.45, 2.75) is 37.8 Å². The normalized spacial score (nSPS) is 18.8. The Morgan fingerprint density at radius 2 is 1.80 bits per heavy atom. The van der Waals surface area contributed by atoms with Crippen molar-refractivity contribution in [1.82, 2.24) is 9.80 Å². The van der Waals surface area contributed by atoms with Gasteiger partial charge in [0.15, 0.2) is 11.6 Å². The van der Waals surface area contributed by atoms with Gasteiger partial charge in [-0.3, -0.25) is 4.79 Å². The standard InChI is InChI=1S/C23H28F3N3O/c1-28-8-5-9-29(19(15-28)10-16-6-3-2-4-7-16)23(30)13-18(27)11-17-12-21(25)22(26)14-20(17)24/h2-4,6-7,12,14,18-19H,5,8-11,13,15,27H2,1H3/t18-,19-/m1/s1. The number of amides is 1. The van der Waals surface area contributed by atoms with E-state index in [4.69, 9.17) is 5.73 Å². The summed E-state index contributed by atoms with van der Waals surface area (Å²) in [6.07, 6.45) is 1.59. The molecule has 7 heteroatoms. The minimum absolute atomic E-state index is 0.0135. The van der Waals surface area contributed by atoms with Crippen LogP contribution in [0.1, 0.15) is 24.0 Å². The zero-order valence-electron chi connectivity index (χ0n) is 17.2. The molecule has 1 fully saturated rings. The van der Waals surface area contributed by atoms with Gasteiger partial charge >= 0.3 is 0 Å². The van der Waals surface area contributed by atoms with E-state index in [0.29, 0.717) is 12.6 Å². The molecule has 1 aliphatic rings. The summed E-state index contributed by atoms with van der Waals surface area (Å²) in [5.41, 5.74) is 7.23. The molecule has 0 unspecified atom stereocenters. The van der Waals surface area contributed by atoms with Gasteiger partial charge in [0.25, 0.3) is 0 Å². The van der Waals surface area contributed by atoms with E-state index in [-0.39, 0.29) is 30.4 Å². The van der Waals surface area contributed by atoms with Crippen LogP contribution in [0.2, 0.25) is 0 Å². The predicted octanol–water partition coefficient (Wildman–Crippen LogP) is 3.14. The van der Waals surface area contributed by atoms with Crippen molar-refractivity contribution in [3.8, 4) is 0 Å². The van der Waals surface area contributed by atoms with E-state index in [2.05, 4.69) is 4.90 Å². The molecule has 162 valence electrons. The Morgan fingerprint density at radius 1 is 1.10 bits per heavy atom. The van der Waals surface area contributed by atoms with Gasteiger partial charge < -0.3 is 15.5 Å². The van der Waals surface area contributed by atoms with E-state index >= 15 is 0 Å². The van der Waals surface area contributed by atoms with Gasteiger partial charge in [0.1, 0.15) is 5.82 Å². The van der Waals surface area contributed by atoms with E-state index in [1.165, 1.54) is 0 Å². The summed E-state index contributed by atoms with van der Waals surface area (Å²) < 4.78 is 40.5. The maximum Gasteiger partial charge on any atom is 0.224 e. The zero-order chi connectivity index (χ0) is 21.7. The van der Waals surface area contributed by atoms with Gasteiger partial charge in [0.05, 0.1) is 0 Å². The summed E-state index contributed by atoms with van der Waals surface area (Å²) in [7, 11) is 2.05. The number of nitrogens with two attached hydrogens (primary N) is 1. The second kappa shape index (κ2) is 10.1. The van der Waals surface area contributed by atoms with Crippen molar-refractivity contribution in [3.63, 3.8) is 0 Å². The van der Waals surface area contributed by atoms with Crippen LogP contribution >= 0.6 is 0 Å². The average molecular weight is 419 g/mol. The van der Waals surface area contributed by atoms with Crippen LogP contribution in [0.15, 0.2) is 42.5 Å². The second-order valence-corrected chi connectivity index (χ2v) is 8.07. The number of likely N-dealkylation sites (N-methyl/N-ethyl adjacent to an activating group) is 1. The first-order valence-corrected chi connectivity index (χ1v) is 10.2. The number of rotatable bonds is 6. The third-order valence-corrected chi connectivity index (χ3v) is 5.54. The van der Waals surface area contributed by atoms with Crippen molar-refractivity contribution >= 4 is 5.91 Å². The number of hydrogen-bond donors (Lipinski definition) is 1. The van der Waals surface area contributed by atoms with E-state index < -0.39 is 23.5 Å². The Bertz CT molecular complexity index is 862. The van der Waals surface area contributed by atoms with Crippen molar-refractivity contribution in [2.24, 2.45) is 5.73 Å². The van der Waals surface area contributed by atoms with Gasteiger partial charge in [-0.25, -0.2) is 13.2 Å². The lowest BCUT2D eigenvalue weighted by molar-refractivity contribution is -0.133. The van der Waals surface area contributed by atoms with Crippen LogP contribution in [0.5, 0.6) is 0 Å². The highest BCUT2D eigenvalue weighted by atomic mass is 19.2. The van der Waals surface area contributed by atoms with Gasteiger partial charge in [-0.2, -0.15) is 0 Å². The Balaban J connectivity index is 1.68. The van der Waals surface area contributed by atoms with Crippen LogP contribution in [0.25, 0.3) is 0 Å². The molecule has 0 spiro atoms. The van der Waals surface area contributed by atoms with Crippen LogP contribution in [0.3, 0.4) is 0 Å². The number of hydrogen-bond acceptors (Lipinski definition) is 3. The number of nitrogens with zero attached hydrogens (tertiary/aromatic N) is 2. The number of benzene rings is 2. The molecule has 0 saturated carbocycles. The molecular formula is C23H28F3N3O. The topological polar surface area (TPSA) is 49.6 Å². The van der Waals surface area contributed by atoms with Gasteiger partial charge in [-0.05, 0) is 50.0 Å². The van der Waals surface area contributed by atoms with Gasteiger partial charge in [0, 0.05) is 37.7 Å². The molecule has 1 saturated heterocycles. The summed E-state index contributed by atoms with van der Waals surface area (Å²) in [4.78, 5) is 17.2. The first-order valence-electron chi connectivity index (χ1n) is 10.2. The fourth-order valence-corrected chi connectivity index (χ4v) is 4.05. The molecule has 2 N–H and O–H groups in total. The largest absolute Gasteiger partial charge is 0.338 e. The smallest absolute Gasteiger partial charge is 0.224 e.